The molecule has 1 N–H and O–H groups in total. The van der Waals surface area contributed by atoms with Gasteiger partial charge in [-0.3, -0.25) is 10.1 Å². The summed E-state index contributed by atoms with van der Waals surface area (Å²) in [6.45, 7) is 0. The molecule has 19 heavy (non-hydrogen) atoms. The quantitative estimate of drug-likeness (QED) is 0.789. The molecule has 3 fully saturated rings. The van der Waals surface area contributed by atoms with Crippen LogP contribution in [0.2, 0.25) is 0 Å². The molecule has 108 valence electrons. The molecular formula is C15H26N2O2. The Hall–Kier alpha value is -0.610. The van der Waals surface area contributed by atoms with E-state index in [-0.39, 0.29) is 5.97 Å². The van der Waals surface area contributed by atoms with E-state index in [0.717, 1.165) is 12.8 Å². The third-order valence-electron chi connectivity index (χ3n) is 5.56. The van der Waals surface area contributed by atoms with Crippen LogP contribution in [0, 0.1) is 0 Å². The number of ether oxygens (including phenoxy) is 1. The van der Waals surface area contributed by atoms with Gasteiger partial charge in [0, 0.05) is 18.1 Å². The Morgan fingerprint density at radius 3 is 2.26 bits per heavy atom. The molecule has 4 nitrogen and oxygen atoms in total. The number of esters is 1. The van der Waals surface area contributed by atoms with Crippen molar-refractivity contribution in [2.75, 3.05) is 14.2 Å². The highest BCUT2D eigenvalue weighted by Gasteiger charge is 2.52. The molecule has 0 aromatic carbocycles. The highest BCUT2D eigenvalue weighted by Crippen LogP contribution is 2.41. The van der Waals surface area contributed by atoms with Crippen LogP contribution < -0.4 is 5.32 Å². The van der Waals surface area contributed by atoms with Gasteiger partial charge >= 0.3 is 5.97 Å². The number of nitrogens with one attached hydrogen (secondary N) is 1. The molecule has 3 aliphatic rings. The average Bonchev–Trinajstić information content (AvgIpc) is 2.96. The number of rotatable bonds is 3. The third-order valence-corrected chi connectivity index (χ3v) is 5.56. The minimum absolute atomic E-state index is 0.0376. The fraction of sp³-hybridized carbons (Fsp3) is 0.933. The largest absolute Gasteiger partial charge is 0.468 e. The number of piperidine rings is 1. The maximum atomic E-state index is 12.4. The molecule has 2 heterocycles. The zero-order chi connectivity index (χ0) is 13.5. The van der Waals surface area contributed by atoms with Crippen molar-refractivity contribution < 1.29 is 9.53 Å². The van der Waals surface area contributed by atoms with Gasteiger partial charge in [0.1, 0.15) is 5.54 Å². The van der Waals surface area contributed by atoms with Gasteiger partial charge in [-0.25, -0.2) is 0 Å². The van der Waals surface area contributed by atoms with Gasteiger partial charge < -0.3 is 9.64 Å². The van der Waals surface area contributed by atoms with Gasteiger partial charge in [0.2, 0.25) is 0 Å². The molecule has 0 spiro atoms. The average molecular weight is 266 g/mol. The molecule has 2 saturated heterocycles. The van der Waals surface area contributed by atoms with Crippen LogP contribution in [0.3, 0.4) is 0 Å². The molecular weight excluding hydrogens is 240 g/mol. The van der Waals surface area contributed by atoms with Crippen molar-refractivity contribution >= 4 is 5.97 Å². The first kappa shape index (κ1) is 13.4. The van der Waals surface area contributed by atoms with Crippen LogP contribution in [0.4, 0.5) is 0 Å². The van der Waals surface area contributed by atoms with E-state index in [0.29, 0.717) is 18.1 Å². The molecule has 1 saturated carbocycles. The molecule has 0 aromatic heterocycles. The molecule has 0 aromatic rings. The second-order valence-electron chi connectivity index (χ2n) is 6.66. The molecule has 2 aliphatic heterocycles. The van der Waals surface area contributed by atoms with Gasteiger partial charge in [0.25, 0.3) is 0 Å². The lowest BCUT2D eigenvalue weighted by Gasteiger charge is -2.45. The molecule has 3 rings (SSSR count). The number of carbonyl (C=O) groups is 1. The fourth-order valence-electron chi connectivity index (χ4n) is 4.47. The zero-order valence-electron chi connectivity index (χ0n) is 12.2. The lowest BCUT2D eigenvalue weighted by Crippen LogP contribution is -2.63. The summed E-state index contributed by atoms with van der Waals surface area (Å²) < 4.78 is 5.14. The van der Waals surface area contributed by atoms with Crippen LogP contribution in [0.1, 0.15) is 51.4 Å². The predicted molar refractivity (Wildman–Crippen MR) is 73.9 cm³/mol. The van der Waals surface area contributed by atoms with Crippen LogP contribution in [-0.2, 0) is 9.53 Å². The van der Waals surface area contributed by atoms with Gasteiger partial charge in [-0.15, -0.1) is 0 Å². The Kier molecular flexibility index (Phi) is 3.56. The standard InChI is InChI=1S/C15H26N2O2/c1-17-12-7-8-13(17)10-15(9-12,14(18)19-2)16-11-5-3-4-6-11/h11-13,16H,3-10H2,1-2H3. The van der Waals surface area contributed by atoms with E-state index in [2.05, 4.69) is 17.3 Å². The first-order valence-electron chi connectivity index (χ1n) is 7.73. The maximum Gasteiger partial charge on any atom is 0.326 e. The lowest BCUT2D eigenvalue weighted by molar-refractivity contribution is -0.152. The van der Waals surface area contributed by atoms with E-state index in [1.54, 1.807) is 0 Å². The minimum atomic E-state index is -0.415. The Balaban J connectivity index is 1.79. The van der Waals surface area contributed by atoms with E-state index in [4.69, 9.17) is 4.74 Å². The van der Waals surface area contributed by atoms with Crippen molar-refractivity contribution in [2.45, 2.75) is 75.0 Å². The van der Waals surface area contributed by atoms with Crippen LogP contribution in [0.25, 0.3) is 0 Å². The summed E-state index contributed by atoms with van der Waals surface area (Å²) in [6.07, 6.45) is 9.31. The van der Waals surface area contributed by atoms with Crippen molar-refractivity contribution in [1.82, 2.24) is 10.2 Å². The second-order valence-corrected chi connectivity index (χ2v) is 6.66. The predicted octanol–water partition coefficient (Wildman–Crippen LogP) is 1.69. The molecule has 0 amide bonds. The van der Waals surface area contributed by atoms with Crippen molar-refractivity contribution in [3.63, 3.8) is 0 Å². The minimum Gasteiger partial charge on any atom is -0.468 e. The van der Waals surface area contributed by atoms with E-state index in [9.17, 15) is 4.79 Å². The zero-order valence-corrected chi connectivity index (χ0v) is 12.2. The molecule has 0 radical (unpaired) electrons. The van der Waals surface area contributed by atoms with Crippen molar-refractivity contribution in [3.05, 3.63) is 0 Å². The summed E-state index contributed by atoms with van der Waals surface area (Å²) in [5.74, 6) is -0.0376. The highest BCUT2D eigenvalue weighted by atomic mass is 16.5. The number of carbonyl (C=O) groups excluding carboxylic acids is 1. The van der Waals surface area contributed by atoms with E-state index < -0.39 is 5.54 Å². The Morgan fingerprint density at radius 1 is 1.16 bits per heavy atom. The molecule has 2 atom stereocenters. The smallest absolute Gasteiger partial charge is 0.326 e. The summed E-state index contributed by atoms with van der Waals surface area (Å²) in [4.78, 5) is 14.9. The molecule has 2 bridgehead atoms. The Bertz CT molecular complexity index is 338. The Labute approximate surface area is 115 Å². The summed E-state index contributed by atoms with van der Waals surface area (Å²) >= 11 is 0. The van der Waals surface area contributed by atoms with Crippen LogP contribution >= 0.6 is 0 Å². The molecule has 2 unspecified atom stereocenters. The first-order chi connectivity index (χ1) is 9.14. The summed E-state index contributed by atoms with van der Waals surface area (Å²) in [5, 5.41) is 3.70. The maximum absolute atomic E-state index is 12.4. The van der Waals surface area contributed by atoms with Crippen molar-refractivity contribution in [1.29, 1.82) is 0 Å². The van der Waals surface area contributed by atoms with Gasteiger partial charge in [0.15, 0.2) is 0 Å². The van der Waals surface area contributed by atoms with Gasteiger partial charge in [0.05, 0.1) is 7.11 Å². The van der Waals surface area contributed by atoms with Crippen LogP contribution in [0.5, 0.6) is 0 Å². The van der Waals surface area contributed by atoms with Gasteiger partial charge in [-0.2, -0.15) is 0 Å². The van der Waals surface area contributed by atoms with E-state index >= 15 is 0 Å². The number of fused-ring (bicyclic) bond motifs is 2. The number of hydrogen-bond donors (Lipinski definition) is 1. The first-order valence-corrected chi connectivity index (χ1v) is 7.73. The SMILES string of the molecule is COC(=O)C1(NC2CCCC2)CC2CCC(C1)N2C. The monoisotopic (exact) mass is 266 g/mol. The third kappa shape index (κ3) is 2.29. The molecule has 1 aliphatic carbocycles. The summed E-state index contributed by atoms with van der Waals surface area (Å²) in [7, 11) is 3.74. The Morgan fingerprint density at radius 2 is 1.74 bits per heavy atom. The number of hydrogen-bond acceptors (Lipinski definition) is 4. The second kappa shape index (κ2) is 5.06. The molecule has 4 heteroatoms. The van der Waals surface area contributed by atoms with E-state index in [1.807, 2.05) is 0 Å². The van der Waals surface area contributed by atoms with Gasteiger partial charge in [-0.1, -0.05) is 12.8 Å². The van der Waals surface area contributed by atoms with Crippen LogP contribution in [0.15, 0.2) is 0 Å². The fourth-order valence-corrected chi connectivity index (χ4v) is 4.47. The normalized spacial score (nSPS) is 39.7. The highest BCUT2D eigenvalue weighted by molar-refractivity contribution is 5.81. The van der Waals surface area contributed by atoms with Crippen molar-refractivity contribution in [3.8, 4) is 0 Å². The van der Waals surface area contributed by atoms with Crippen LogP contribution in [-0.4, -0.2) is 48.7 Å². The van der Waals surface area contributed by atoms with E-state index in [1.165, 1.54) is 45.6 Å². The number of nitrogens with zero attached hydrogens (tertiary/aromatic N) is 1. The number of methoxy groups -OCH3 is 1. The van der Waals surface area contributed by atoms with Crippen molar-refractivity contribution in [2.24, 2.45) is 0 Å². The van der Waals surface area contributed by atoms with Gasteiger partial charge in [-0.05, 0) is 45.6 Å². The lowest BCUT2D eigenvalue weighted by atomic mass is 9.82. The summed E-state index contributed by atoms with van der Waals surface area (Å²) in [6, 6.07) is 1.61. The summed E-state index contributed by atoms with van der Waals surface area (Å²) in [5.41, 5.74) is -0.415. The topological polar surface area (TPSA) is 41.6 Å².